The van der Waals surface area contributed by atoms with Gasteiger partial charge in [0.25, 0.3) is 0 Å². The van der Waals surface area contributed by atoms with Crippen molar-refractivity contribution in [1.29, 1.82) is 0 Å². The molecule has 0 spiro atoms. The first-order valence-corrected chi connectivity index (χ1v) is 7.08. The van der Waals surface area contributed by atoms with Crippen molar-refractivity contribution in [2.45, 2.75) is 46.7 Å². The van der Waals surface area contributed by atoms with Gasteiger partial charge < -0.3 is 9.73 Å². The minimum absolute atomic E-state index is 0.759. The molecule has 0 unspecified atom stereocenters. The molecule has 104 valence electrons. The van der Waals surface area contributed by atoms with E-state index in [1.54, 1.807) is 6.26 Å². The summed E-state index contributed by atoms with van der Waals surface area (Å²) in [6, 6.07) is 2.08. The first kappa shape index (κ1) is 15.3. The summed E-state index contributed by atoms with van der Waals surface area (Å²) in [5.74, 6) is 1.86. The van der Waals surface area contributed by atoms with Gasteiger partial charge in [-0.25, -0.2) is 0 Å². The Hall–Kier alpha value is -0.800. The number of hydrogen-bond donors (Lipinski definition) is 1. The van der Waals surface area contributed by atoms with Crippen molar-refractivity contribution in [2.75, 3.05) is 20.1 Å². The molecule has 0 amide bonds. The highest BCUT2D eigenvalue weighted by molar-refractivity contribution is 5.16. The minimum atomic E-state index is 0.759. The zero-order chi connectivity index (χ0) is 13.4. The molecule has 0 saturated carbocycles. The molecular weight excluding hydrogens is 224 g/mol. The summed E-state index contributed by atoms with van der Waals surface area (Å²) in [7, 11) is 2.16. The Balaban J connectivity index is 2.38. The Labute approximate surface area is 112 Å². The van der Waals surface area contributed by atoms with Crippen LogP contribution in [0.15, 0.2) is 16.7 Å². The standard InChI is InChI=1S/C15H28N2O/c1-5-8-16-11-14-7-10-18-15(14)12-17(4)9-6-13(2)3/h7,10,13,16H,5-6,8-9,11-12H2,1-4H3. The average molecular weight is 252 g/mol. The summed E-state index contributed by atoms with van der Waals surface area (Å²) < 4.78 is 5.59. The second-order valence-electron chi connectivity index (χ2n) is 5.47. The molecule has 1 N–H and O–H groups in total. The maximum Gasteiger partial charge on any atom is 0.122 e. The minimum Gasteiger partial charge on any atom is -0.468 e. The fourth-order valence-corrected chi connectivity index (χ4v) is 1.87. The fourth-order valence-electron chi connectivity index (χ4n) is 1.87. The molecule has 3 nitrogen and oxygen atoms in total. The SMILES string of the molecule is CCCNCc1ccoc1CN(C)CCC(C)C. The van der Waals surface area contributed by atoms with Gasteiger partial charge in [-0.15, -0.1) is 0 Å². The van der Waals surface area contributed by atoms with Crippen LogP contribution in [0.25, 0.3) is 0 Å². The fraction of sp³-hybridized carbons (Fsp3) is 0.733. The first-order chi connectivity index (χ1) is 8.63. The molecule has 0 aromatic carbocycles. The predicted molar refractivity (Wildman–Crippen MR) is 76.5 cm³/mol. The number of furan rings is 1. The van der Waals surface area contributed by atoms with E-state index in [1.807, 2.05) is 0 Å². The first-order valence-electron chi connectivity index (χ1n) is 7.08. The lowest BCUT2D eigenvalue weighted by Gasteiger charge is -2.17. The van der Waals surface area contributed by atoms with Gasteiger partial charge in [-0.05, 0) is 45.0 Å². The predicted octanol–water partition coefficient (Wildman–Crippen LogP) is 3.26. The van der Waals surface area contributed by atoms with E-state index in [-0.39, 0.29) is 0 Å². The number of nitrogens with zero attached hydrogens (tertiary/aromatic N) is 1. The molecule has 1 heterocycles. The normalized spacial score (nSPS) is 11.7. The quantitative estimate of drug-likeness (QED) is 0.684. The molecule has 0 aliphatic rings. The van der Waals surface area contributed by atoms with E-state index in [1.165, 1.54) is 18.4 Å². The molecule has 0 radical (unpaired) electrons. The van der Waals surface area contributed by atoms with Crippen LogP contribution in [-0.4, -0.2) is 25.0 Å². The lowest BCUT2D eigenvalue weighted by atomic mass is 10.1. The monoisotopic (exact) mass is 252 g/mol. The Kier molecular flexibility index (Phi) is 7.06. The third kappa shape index (κ3) is 5.69. The molecule has 0 fully saturated rings. The average Bonchev–Trinajstić information content (AvgIpc) is 2.74. The van der Waals surface area contributed by atoms with E-state index in [2.05, 4.69) is 44.1 Å². The van der Waals surface area contributed by atoms with Gasteiger partial charge in [0.15, 0.2) is 0 Å². The maximum atomic E-state index is 5.59. The van der Waals surface area contributed by atoms with Crippen molar-refractivity contribution < 1.29 is 4.42 Å². The second kappa shape index (κ2) is 8.33. The molecule has 0 aliphatic carbocycles. The van der Waals surface area contributed by atoms with Crippen LogP contribution in [0.5, 0.6) is 0 Å². The van der Waals surface area contributed by atoms with E-state index in [4.69, 9.17) is 4.42 Å². The van der Waals surface area contributed by atoms with Crippen molar-refractivity contribution in [3.8, 4) is 0 Å². The van der Waals surface area contributed by atoms with Gasteiger partial charge in [0.1, 0.15) is 5.76 Å². The van der Waals surface area contributed by atoms with Gasteiger partial charge in [-0.2, -0.15) is 0 Å². The molecule has 0 saturated heterocycles. The molecule has 0 aliphatic heterocycles. The summed E-state index contributed by atoms with van der Waals surface area (Å²) in [6.07, 6.45) is 4.21. The van der Waals surface area contributed by atoms with Gasteiger partial charge in [0.05, 0.1) is 12.8 Å². The molecular formula is C15H28N2O. The molecule has 1 rings (SSSR count). The van der Waals surface area contributed by atoms with Gasteiger partial charge in [0, 0.05) is 12.1 Å². The lowest BCUT2D eigenvalue weighted by molar-refractivity contribution is 0.276. The summed E-state index contributed by atoms with van der Waals surface area (Å²) in [4.78, 5) is 2.34. The summed E-state index contributed by atoms with van der Waals surface area (Å²) in [5, 5.41) is 3.42. The molecule has 3 heteroatoms. The summed E-state index contributed by atoms with van der Waals surface area (Å²) in [5.41, 5.74) is 1.29. The Morgan fingerprint density at radius 3 is 2.83 bits per heavy atom. The number of nitrogens with one attached hydrogen (secondary N) is 1. The van der Waals surface area contributed by atoms with Crippen molar-refractivity contribution in [3.05, 3.63) is 23.7 Å². The summed E-state index contributed by atoms with van der Waals surface area (Å²) >= 11 is 0. The molecule has 0 atom stereocenters. The van der Waals surface area contributed by atoms with Crippen LogP contribution in [0.4, 0.5) is 0 Å². The number of rotatable bonds is 9. The van der Waals surface area contributed by atoms with Gasteiger partial charge in [0.2, 0.25) is 0 Å². The lowest BCUT2D eigenvalue weighted by Crippen LogP contribution is -2.21. The maximum absolute atomic E-state index is 5.59. The highest BCUT2D eigenvalue weighted by Crippen LogP contribution is 2.13. The number of hydrogen-bond acceptors (Lipinski definition) is 3. The zero-order valence-electron chi connectivity index (χ0n) is 12.3. The van der Waals surface area contributed by atoms with Crippen molar-refractivity contribution in [1.82, 2.24) is 10.2 Å². The highest BCUT2D eigenvalue weighted by atomic mass is 16.3. The van der Waals surface area contributed by atoms with E-state index in [0.717, 1.165) is 37.9 Å². The van der Waals surface area contributed by atoms with Crippen molar-refractivity contribution in [2.24, 2.45) is 5.92 Å². The summed E-state index contributed by atoms with van der Waals surface area (Å²) in [6.45, 7) is 10.7. The third-order valence-electron chi connectivity index (χ3n) is 3.08. The van der Waals surface area contributed by atoms with E-state index < -0.39 is 0 Å². The van der Waals surface area contributed by atoms with E-state index in [0.29, 0.717) is 0 Å². The smallest absolute Gasteiger partial charge is 0.122 e. The van der Waals surface area contributed by atoms with Crippen LogP contribution in [-0.2, 0) is 13.1 Å². The van der Waals surface area contributed by atoms with Crippen LogP contribution < -0.4 is 5.32 Å². The van der Waals surface area contributed by atoms with Gasteiger partial charge >= 0.3 is 0 Å². The van der Waals surface area contributed by atoms with E-state index >= 15 is 0 Å². The Morgan fingerprint density at radius 2 is 2.17 bits per heavy atom. The van der Waals surface area contributed by atoms with E-state index in [9.17, 15) is 0 Å². The van der Waals surface area contributed by atoms with Gasteiger partial charge in [-0.3, -0.25) is 4.90 Å². The molecule has 1 aromatic heterocycles. The van der Waals surface area contributed by atoms with Crippen LogP contribution >= 0.6 is 0 Å². The van der Waals surface area contributed by atoms with Crippen molar-refractivity contribution in [3.63, 3.8) is 0 Å². The second-order valence-corrected chi connectivity index (χ2v) is 5.47. The van der Waals surface area contributed by atoms with Crippen molar-refractivity contribution >= 4 is 0 Å². The molecule has 1 aromatic rings. The highest BCUT2D eigenvalue weighted by Gasteiger charge is 2.09. The van der Waals surface area contributed by atoms with Gasteiger partial charge in [-0.1, -0.05) is 20.8 Å². The van der Waals surface area contributed by atoms with Crippen LogP contribution in [0, 0.1) is 5.92 Å². The largest absolute Gasteiger partial charge is 0.468 e. The van der Waals surface area contributed by atoms with Crippen LogP contribution in [0.2, 0.25) is 0 Å². The Bertz CT molecular complexity index is 320. The van der Waals surface area contributed by atoms with Crippen LogP contribution in [0.1, 0.15) is 44.9 Å². The molecule has 0 bridgehead atoms. The Morgan fingerprint density at radius 1 is 1.39 bits per heavy atom. The van der Waals surface area contributed by atoms with Crippen LogP contribution in [0.3, 0.4) is 0 Å². The topological polar surface area (TPSA) is 28.4 Å². The zero-order valence-corrected chi connectivity index (χ0v) is 12.3. The molecule has 18 heavy (non-hydrogen) atoms. The third-order valence-corrected chi connectivity index (χ3v) is 3.08.